The summed E-state index contributed by atoms with van der Waals surface area (Å²) in [6.45, 7) is 3.02. The second-order valence-electron chi connectivity index (χ2n) is 4.76. The van der Waals surface area contributed by atoms with Gasteiger partial charge in [0.25, 0.3) is 0 Å². The fraction of sp³-hybridized carbons (Fsp3) is 0.417. The number of nitrogens with zero attached hydrogens (tertiary/aromatic N) is 1. The zero-order chi connectivity index (χ0) is 14.1. The molecular weight excluding hydrogens is 244 g/mol. The van der Waals surface area contributed by atoms with E-state index in [1.807, 2.05) is 0 Å². The number of carbonyl (C=O) groups is 1. The standard InChI is InChI=1S/C12H15F2NO3/c1-12(2,18)6-15(3)10-8(13)4-7(11(16)17)5-9(10)14/h4-5,18H,6H2,1-3H3,(H,16,17). The monoisotopic (exact) mass is 259 g/mol. The molecule has 0 atom stereocenters. The summed E-state index contributed by atoms with van der Waals surface area (Å²) in [5, 5.41) is 18.3. The first-order valence-corrected chi connectivity index (χ1v) is 5.27. The van der Waals surface area contributed by atoms with Crippen LogP contribution in [0.4, 0.5) is 14.5 Å². The molecule has 0 fully saturated rings. The van der Waals surface area contributed by atoms with E-state index in [1.165, 1.54) is 25.8 Å². The maximum absolute atomic E-state index is 13.7. The summed E-state index contributed by atoms with van der Waals surface area (Å²) < 4.78 is 27.3. The SMILES string of the molecule is CN(CC(C)(C)O)c1c(F)cc(C(=O)O)cc1F. The van der Waals surface area contributed by atoms with Gasteiger partial charge in [-0.3, -0.25) is 0 Å². The first-order valence-electron chi connectivity index (χ1n) is 5.27. The summed E-state index contributed by atoms with van der Waals surface area (Å²) in [6, 6.07) is 1.50. The van der Waals surface area contributed by atoms with E-state index < -0.39 is 28.8 Å². The van der Waals surface area contributed by atoms with Crippen LogP contribution in [0.1, 0.15) is 24.2 Å². The van der Waals surface area contributed by atoms with Crippen LogP contribution in [0.25, 0.3) is 0 Å². The van der Waals surface area contributed by atoms with Gasteiger partial charge < -0.3 is 15.1 Å². The van der Waals surface area contributed by atoms with Crippen molar-refractivity contribution < 1.29 is 23.8 Å². The smallest absolute Gasteiger partial charge is 0.335 e. The van der Waals surface area contributed by atoms with Crippen molar-refractivity contribution in [2.75, 3.05) is 18.5 Å². The highest BCUT2D eigenvalue weighted by Crippen LogP contribution is 2.25. The summed E-state index contributed by atoms with van der Waals surface area (Å²) >= 11 is 0. The average molecular weight is 259 g/mol. The summed E-state index contributed by atoms with van der Waals surface area (Å²) in [6.07, 6.45) is 0. The number of hydrogen-bond acceptors (Lipinski definition) is 3. The van der Waals surface area contributed by atoms with Crippen LogP contribution in [0.3, 0.4) is 0 Å². The van der Waals surface area contributed by atoms with Crippen LogP contribution in [0.15, 0.2) is 12.1 Å². The van der Waals surface area contributed by atoms with Crippen molar-refractivity contribution in [1.29, 1.82) is 0 Å². The Morgan fingerprint density at radius 2 is 1.78 bits per heavy atom. The fourth-order valence-electron chi connectivity index (χ4n) is 1.71. The van der Waals surface area contributed by atoms with Gasteiger partial charge in [0.1, 0.15) is 17.3 Å². The second kappa shape index (κ2) is 4.89. The Morgan fingerprint density at radius 1 is 1.33 bits per heavy atom. The van der Waals surface area contributed by atoms with Gasteiger partial charge in [0.05, 0.1) is 11.2 Å². The Balaban J connectivity index is 3.14. The van der Waals surface area contributed by atoms with Crippen molar-refractivity contribution in [2.45, 2.75) is 19.4 Å². The molecule has 0 aliphatic carbocycles. The number of aromatic carboxylic acids is 1. The van der Waals surface area contributed by atoms with Gasteiger partial charge in [0.2, 0.25) is 0 Å². The Hall–Kier alpha value is -1.69. The predicted molar refractivity (Wildman–Crippen MR) is 62.9 cm³/mol. The highest BCUT2D eigenvalue weighted by atomic mass is 19.1. The molecular formula is C12H15F2NO3. The molecule has 1 rings (SSSR count). The molecule has 0 amide bonds. The second-order valence-corrected chi connectivity index (χ2v) is 4.76. The van der Waals surface area contributed by atoms with Gasteiger partial charge in [-0.1, -0.05) is 0 Å². The van der Waals surface area contributed by atoms with Crippen molar-refractivity contribution in [1.82, 2.24) is 0 Å². The highest BCUT2D eigenvalue weighted by Gasteiger charge is 2.22. The van der Waals surface area contributed by atoms with Gasteiger partial charge in [-0.2, -0.15) is 0 Å². The van der Waals surface area contributed by atoms with E-state index in [2.05, 4.69) is 0 Å². The number of hydrogen-bond donors (Lipinski definition) is 2. The molecule has 1 aromatic carbocycles. The van der Waals surface area contributed by atoms with Gasteiger partial charge in [-0.15, -0.1) is 0 Å². The van der Waals surface area contributed by atoms with E-state index in [0.717, 1.165) is 12.1 Å². The molecule has 0 bridgehead atoms. The molecule has 0 aromatic heterocycles. The molecule has 0 saturated carbocycles. The zero-order valence-electron chi connectivity index (χ0n) is 10.4. The molecule has 6 heteroatoms. The van der Waals surface area contributed by atoms with Gasteiger partial charge >= 0.3 is 5.97 Å². The van der Waals surface area contributed by atoms with Crippen molar-refractivity contribution >= 4 is 11.7 Å². The Labute approximate surface area is 103 Å². The lowest BCUT2D eigenvalue weighted by molar-refractivity contribution is 0.0695. The molecule has 0 aliphatic rings. The molecule has 4 nitrogen and oxygen atoms in total. The van der Waals surface area contributed by atoms with E-state index in [4.69, 9.17) is 5.11 Å². The third-order valence-electron chi connectivity index (χ3n) is 2.27. The summed E-state index contributed by atoms with van der Waals surface area (Å²) in [5.74, 6) is -3.34. The van der Waals surface area contributed by atoms with Gasteiger partial charge in [-0.25, -0.2) is 13.6 Å². The van der Waals surface area contributed by atoms with Gasteiger partial charge in [0.15, 0.2) is 0 Å². The van der Waals surface area contributed by atoms with Crippen LogP contribution in [-0.4, -0.2) is 35.4 Å². The third-order valence-corrected chi connectivity index (χ3v) is 2.27. The van der Waals surface area contributed by atoms with Crippen LogP contribution in [0, 0.1) is 11.6 Å². The highest BCUT2D eigenvalue weighted by molar-refractivity contribution is 5.88. The number of rotatable bonds is 4. The van der Waals surface area contributed by atoms with E-state index in [9.17, 15) is 18.7 Å². The maximum atomic E-state index is 13.7. The summed E-state index contributed by atoms with van der Waals surface area (Å²) in [5.41, 5.74) is -1.94. The van der Waals surface area contributed by atoms with E-state index in [-0.39, 0.29) is 12.2 Å². The zero-order valence-corrected chi connectivity index (χ0v) is 10.4. The normalized spacial score (nSPS) is 11.4. The minimum atomic E-state index is -1.40. The minimum absolute atomic E-state index is 0.00720. The van der Waals surface area contributed by atoms with Crippen molar-refractivity contribution in [3.8, 4) is 0 Å². The molecule has 1 aromatic rings. The van der Waals surface area contributed by atoms with Crippen molar-refractivity contribution in [2.24, 2.45) is 0 Å². The largest absolute Gasteiger partial charge is 0.478 e. The van der Waals surface area contributed by atoms with Crippen molar-refractivity contribution in [3.63, 3.8) is 0 Å². The number of aliphatic hydroxyl groups is 1. The molecule has 0 unspecified atom stereocenters. The lowest BCUT2D eigenvalue weighted by Crippen LogP contribution is -2.37. The average Bonchev–Trinajstić information content (AvgIpc) is 2.12. The van der Waals surface area contributed by atoms with E-state index in [1.54, 1.807) is 0 Å². The minimum Gasteiger partial charge on any atom is -0.478 e. The number of likely N-dealkylation sites (N-methyl/N-ethyl adjacent to an activating group) is 1. The Bertz CT molecular complexity index is 446. The van der Waals surface area contributed by atoms with Crippen LogP contribution >= 0.6 is 0 Å². The summed E-state index contributed by atoms with van der Waals surface area (Å²) in [4.78, 5) is 11.8. The van der Waals surface area contributed by atoms with Crippen LogP contribution in [0.5, 0.6) is 0 Å². The maximum Gasteiger partial charge on any atom is 0.335 e. The fourth-order valence-corrected chi connectivity index (χ4v) is 1.71. The van der Waals surface area contributed by atoms with Gasteiger partial charge in [-0.05, 0) is 26.0 Å². The molecule has 0 radical (unpaired) electrons. The number of benzene rings is 1. The third kappa shape index (κ3) is 3.40. The van der Waals surface area contributed by atoms with Crippen molar-refractivity contribution in [3.05, 3.63) is 29.3 Å². The topological polar surface area (TPSA) is 60.8 Å². The lowest BCUT2D eigenvalue weighted by Gasteiger charge is -2.27. The lowest BCUT2D eigenvalue weighted by atomic mass is 10.1. The van der Waals surface area contributed by atoms with Crippen LogP contribution in [-0.2, 0) is 0 Å². The van der Waals surface area contributed by atoms with Crippen LogP contribution in [0.2, 0.25) is 0 Å². The van der Waals surface area contributed by atoms with E-state index in [0.29, 0.717) is 0 Å². The van der Waals surface area contributed by atoms with Crippen LogP contribution < -0.4 is 4.90 Å². The Morgan fingerprint density at radius 3 is 2.11 bits per heavy atom. The molecule has 0 saturated heterocycles. The molecule has 100 valence electrons. The molecule has 18 heavy (non-hydrogen) atoms. The number of halogens is 2. The predicted octanol–water partition coefficient (Wildman–Crippen LogP) is 1.87. The molecule has 0 heterocycles. The van der Waals surface area contributed by atoms with E-state index >= 15 is 0 Å². The first kappa shape index (κ1) is 14.4. The quantitative estimate of drug-likeness (QED) is 0.866. The van der Waals surface area contributed by atoms with Gasteiger partial charge in [0, 0.05) is 13.6 Å². The number of carboxylic acid groups (broad SMARTS) is 1. The Kier molecular flexibility index (Phi) is 3.91. The molecule has 2 N–H and O–H groups in total. The first-order chi connectivity index (χ1) is 8.11. The molecule has 0 spiro atoms. The number of carboxylic acids is 1. The molecule has 0 aliphatic heterocycles. The summed E-state index contributed by atoms with van der Waals surface area (Å²) in [7, 11) is 1.42. The number of anilines is 1.